The Labute approximate surface area is 138 Å². The van der Waals surface area contributed by atoms with E-state index in [0.717, 1.165) is 38.5 Å². The first-order valence-corrected chi connectivity index (χ1v) is 9.21. The van der Waals surface area contributed by atoms with Crippen LogP contribution in [0.3, 0.4) is 0 Å². The summed E-state index contributed by atoms with van der Waals surface area (Å²) >= 11 is 0. The fourth-order valence-corrected chi connectivity index (χ4v) is 6.34. The second-order valence-electron chi connectivity index (χ2n) is 8.75. The van der Waals surface area contributed by atoms with Gasteiger partial charge in [0.15, 0.2) is 5.78 Å². The summed E-state index contributed by atoms with van der Waals surface area (Å²) in [6.07, 6.45) is 8.91. The van der Waals surface area contributed by atoms with Crippen LogP contribution in [0.25, 0.3) is 0 Å². The Morgan fingerprint density at radius 1 is 1.04 bits per heavy atom. The quantitative estimate of drug-likeness (QED) is 0.740. The molecule has 0 aromatic heterocycles. The molecule has 0 saturated heterocycles. The van der Waals surface area contributed by atoms with Gasteiger partial charge in [0, 0.05) is 24.9 Å². The van der Waals surface area contributed by atoms with Crippen LogP contribution in [0.5, 0.6) is 0 Å². The Morgan fingerprint density at radius 3 is 2.48 bits per heavy atom. The maximum absolute atomic E-state index is 13.0. The lowest BCUT2D eigenvalue weighted by Crippen LogP contribution is -2.53. The molecule has 3 nitrogen and oxygen atoms in total. The van der Waals surface area contributed by atoms with E-state index in [1.165, 1.54) is 5.57 Å². The summed E-state index contributed by atoms with van der Waals surface area (Å²) in [5.74, 6) is 1.47. The van der Waals surface area contributed by atoms with Crippen LogP contribution in [0.15, 0.2) is 11.6 Å². The molecular weight excluding hydrogens is 288 g/mol. The summed E-state index contributed by atoms with van der Waals surface area (Å²) in [6, 6.07) is 0. The molecule has 126 valence electrons. The standard InChI is InChI=1S/C20H28O3/c1-19-8-6-13(23-3)10-12(19)11-16(21)18-14-4-5-17(22)20(14,2)9-7-15(18)19/h11,13-15,18H,4-10H2,1-3H3/t13-,14?,15?,18?,19-,20-/m0/s1. The molecule has 3 fully saturated rings. The van der Waals surface area contributed by atoms with Gasteiger partial charge in [-0.05, 0) is 61.9 Å². The number of hydrogen-bond acceptors (Lipinski definition) is 3. The minimum Gasteiger partial charge on any atom is -0.381 e. The molecule has 0 N–H and O–H groups in total. The molecule has 3 heteroatoms. The average molecular weight is 316 g/mol. The smallest absolute Gasteiger partial charge is 0.159 e. The van der Waals surface area contributed by atoms with E-state index < -0.39 is 0 Å². The van der Waals surface area contributed by atoms with Crippen LogP contribution < -0.4 is 0 Å². The molecule has 0 aromatic carbocycles. The van der Waals surface area contributed by atoms with Crippen molar-refractivity contribution >= 4 is 11.6 Å². The molecule has 6 atom stereocenters. The van der Waals surface area contributed by atoms with Crippen molar-refractivity contribution in [1.29, 1.82) is 0 Å². The highest BCUT2D eigenvalue weighted by Gasteiger charge is 2.60. The monoisotopic (exact) mass is 316 g/mol. The van der Waals surface area contributed by atoms with Crippen LogP contribution in [0, 0.1) is 28.6 Å². The second kappa shape index (κ2) is 5.02. The predicted octanol–water partition coefficient (Wildman–Crippen LogP) is 3.71. The van der Waals surface area contributed by atoms with E-state index in [0.29, 0.717) is 23.9 Å². The molecule has 3 saturated carbocycles. The number of ether oxygens (including phenoxy) is 1. The maximum Gasteiger partial charge on any atom is 0.159 e. The predicted molar refractivity (Wildman–Crippen MR) is 87.9 cm³/mol. The van der Waals surface area contributed by atoms with Crippen LogP contribution in [0.2, 0.25) is 0 Å². The van der Waals surface area contributed by atoms with Crippen molar-refractivity contribution in [2.24, 2.45) is 28.6 Å². The van der Waals surface area contributed by atoms with Gasteiger partial charge in [0.1, 0.15) is 5.78 Å². The summed E-state index contributed by atoms with van der Waals surface area (Å²) in [7, 11) is 1.78. The zero-order valence-corrected chi connectivity index (χ0v) is 14.6. The minimum absolute atomic E-state index is 0.0769. The third-order valence-corrected chi connectivity index (χ3v) is 7.94. The first-order chi connectivity index (χ1) is 10.9. The van der Waals surface area contributed by atoms with Gasteiger partial charge in [0.2, 0.25) is 0 Å². The molecule has 3 unspecified atom stereocenters. The van der Waals surface area contributed by atoms with E-state index in [1.807, 2.05) is 6.08 Å². The number of allylic oxidation sites excluding steroid dienone is 1. The van der Waals surface area contributed by atoms with E-state index in [2.05, 4.69) is 13.8 Å². The fourth-order valence-electron chi connectivity index (χ4n) is 6.34. The lowest BCUT2D eigenvalue weighted by Gasteiger charge is -2.56. The van der Waals surface area contributed by atoms with Gasteiger partial charge >= 0.3 is 0 Å². The number of rotatable bonds is 1. The van der Waals surface area contributed by atoms with E-state index >= 15 is 0 Å². The van der Waals surface area contributed by atoms with Crippen molar-refractivity contribution < 1.29 is 14.3 Å². The van der Waals surface area contributed by atoms with Crippen LogP contribution >= 0.6 is 0 Å². The van der Waals surface area contributed by atoms with Gasteiger partial charge in [-0.3, -0.25) is 9.59 Å². The number of fused-ring (bicyclic) bond motifs is 5. The van der Waals surface area contributed by atoms with E-state index in [1.54, 1.807) is 7.11 Å². The normalized spacial score (nSPS) is 49.3. The third-order valence-electron chi connectivity index (χ3n) is 7.94. The molecule has 4 aliphatic carbocycles. The number of hydrogen-bond donors (Lipinski definition) is 0. The molecule has 0 bridgehead atoms. The molecular formula is C20H28O3. The number of ketones is 2. The molecule has 0 amide bonds. The van der Waals surface area contributed by atoms with Gasteiger partial charge in [0.05, 0.1) is 6.10 Å². The zero-order valence-electron chi connectivity index (χ0n) is 14.6. The van der Waals surface area contributed by atoms with Gasteiger partial charge in [-0.2, -0.15) is 0 Å². The molecule has 0 spiro atoms. The van der Waals surface area contributed by atoms with Crippen LogP contribution in [0.1, 0.15) is 58.8 Å². The number of Topliss-reactive ketones (excluding diaryl/α,β-unsaturated/α-hetero) is 1. The molecule has 0 aliphatic heterocycles. The fraction of sp³-hybridized carbons (Fsp3) is 0.800. The first kappa shape index (κ1) is 15.6. The van der Waals surface area contributed by atoms with Gasteiger partial charge in [-0.1, -0.05) is 19.4 Å². The van der Waals surface area contributed by atoms with Crippen LogP contribution in [0.4, 0.5) is 0 Å². The van der Waals surface area contributed by atoms with E-state index in [9.17, 15) is 9.59 Å². The van der Waals surface area contributed by atoms with Gasteiger partial charge in [-0.25, -0.2) is 0 Å². The average Bonchev–Trinajstić information content (AvgIpc) is 2.83. The highest BCUT2D eigenvalue weighted by atomic mass is 16.5. The molecule has 4 aliphatic rings. The molecule has 0 aromatic rings. The Morgan fingerprint density at radius 2 is 1.74 bits per heavy atom. The van der Waals surface area contributed by atoms with Crippen molar-refractivity contribution in [1.82, 2.24) is 0 Å². The van der Waals surface area contributed by atoms with Crippen molar-refractivity contribution in [3.05, 3.63) is 11.6 Å². The van der Waals surface area contributed by atoms with E-state index in [-0.39, 0.29) is 28.8 Å². The Hall–Kier alpha value is -0.960. The van der Waals surface area contributed by atoms with Gasteiger partial charge < -0.3 is 4.74 Å². The highest BCUT2D eigenvalue weighted by molar-refractivity contribution is 5.96. The molecule has 0 heterocycles. The highest BCUT2D eigenvalue weighted by Crippen LogP contribution is 2.63. The Bertz CT molecular complexity index is 592. The van der Waals surface area contributed by atoms with Crippen molar-refractivity contribution in [3.8, 4) is 0 Å². The maximum atomic E-state index is 13.0. The Kier molecular flexibility index (Phi) is 3.39. The SMILES string of the molecule is CO[C@H]1CC[C@@]2(C)C(=CC(=O)C3C2CC[C@]2(C)C(=O)CCC32)C1. The van der Waals surface area contributed by atoms with E-state index in [4.69, 9.17) is 4.74 Å². The zero-order chi connectivity index (χ0) is 16.4. The summed E-state index contributed by atoms with van der Waals surface area (Å²) in [4.78, 5) is 25.4. The number of carbonyl (C=O) groups is 2. The summed E-state index contributed by atoms with van der Waals surface area (Å²) in [5.41, 5.74) is 1.22. The van der Waals surface area contributed by atoms with Crippen molar-refractivity contribution in [3.63, 3.8) is 0 Å². The lowest BCUT2D eigenvalue weighted by molar-refractivity contribution is -0.139. The summed E-state index contributed by atoms with van der Waals surface area (Å²) in [5, 5.41) is 0. The molecule has 0 radical (unpaired) electrons. The molecule has 23 heavy (non-hydrogen) atoms. The third kappa shape index (κ3) is 1.98. The van der Waals surface area contributed by atoms with Crippen molar-refractivity contribution in [2.45, 2.75) is 64.9 Å². The number of carbonyl (C=O) groups excluding carboxylic acids is 2. The van der Waals surface area contributed by atoms with Crippen LogP contribution in [-0.2, 0) is 14.3 Å². The van der Waals surface area contributed by atoms with Crippen molar-refractivity contribution in [2.75, 3.05) is 7.11 Å². The van der Waals surface area contributed by atoms with Gasteiger partial charge in [0.25, 0.3) is 0 Å². The Balaban J connectivity index is 1.73. The number of methoxy groups -OCH3 is 1. The first-order valence-electron chi connectivity index (χ1n) is 9.21. The largest absolute Gasteiger partial charge is 0.381 e. The summed E-state index contributed by atoms with van der Waals surface area (Å²) < 4.78 is 5.56. The van der Waals surface area contributed by atoms with Crippen LogP contribution in [-0.4, -0.2) is 24.8 Å². The summed E-state index contributed by atoms with van der Waals surface area (Å²) in [6.45, 7) is 4.49. The molecule has 4 rings (SSSR count). The van der Waals surface area contributed by atoms with Gasteiger partial charge in [-0.15, -0.1) is 0 Å². The topological polar surface area (TPSA) is 43.4 Å². The minimum atomic E-state index is -0.234. The lowest BCUT2D eigenvalue weighted by atomic mass is 9.48. The second-order valence-corrected chi connectivity index (χ2v) is 8.75.